The maximum Gasteiger partial charge on any atom is 0.178 e. The van der Waals surface area contributed by atoms with Crippen LogP contribution < -0.4 is 0 Å². The molecule has 0 amide bonds. The summed E-state index contributed by atoms with van der Waals surface area (Å²) in [7, 11) is -3.13. The molecule has 2 aromatic rings. The molecule has 98 valence electrons. The highest BCUT2D eigenvalue weighted by Gasteiger charge is 2.30. The maximum atomic E-state index is 12.1. The number of sulfone groups is 1. The third kappa shape index (κ3) is 2.28. The Kier molecular flexibility index (Phi) is 3.11. The van der Waals surface area contributed by atoms with Gasteiger partial charge in [0.1, 0.15) is 0 Å². The zero-order valence-electron chi connectivity index (χ0n) is 10.2. The van der Waals surface area contributed by atoms with Crippen LogP contribution in [0.3, 0.4) is 0 Å². The van der Waals surface area contributed by atoms with Gasteiger partial charge in [0.2, 0.25) is 0 Å². The molecule has 0 aromatic heterocycles. The molecule has 19 heavy (non-hydrogen) atoms. The predicted molar refractivity (Wildman–Crippen MR) is 76.4 cm³/mol. The Balaban J connectivity index is 2.16. The highest BCUT2D eigenvalue weighted by molar-refractivity contribution is 7.91. The zero-order valence-corrected chi connectivity index (χ0v) is 11.8. The molecule has 0 bridgehead atoms. The van der Waals surface area contributed by atoms with Crippen molar-refractivity contribution < 1.29 is 8.42 Å². The number of hydrogen-bond acceptors (Lipinski definition) is 2. The molecule has 4 heteroatoms. The van der Waals surface area contributed by atoms with E-state index in [2.05, 4.69) is 0 Å². The first-order chi connectivity index (χ1) is 9.08. The van der Waals surface area contributed by atoms with Crippen LogP contribution in [-0.2, 0) is 9.84 Å². The molecule has 1 atom stereocenters. The van der Waals surface area contributed by atoms with E-state index in [1.165, 1.54) is 0 Å². The topological polar surface area (TPSA) is 34.1 Å². The summed E-state index contributed by atoms with van der Waals surface area (Å²) in [5.74, 6) is 0.305. The van der Waals surface area contributed by atoms with E-state index in [4.69, 9.17) is 11.6 Å². The summed E-state index contributed by atoms with van der Waals surface area (Å²) >= 11 is 6.03. The van der Waals surface area contributed by atoms with Crippen molar-refractivity contribution in [2.75, 3.05) is 5.75 Å². The minimum absolute atomic E-state index is 0.110. The third-order valence-corrected chi connectivity index (χ3v) is 5.61. The van der Waals surface area contributed by atoms with Gasteiger partial charge < -0.3 is 0 Å². The Morgan fingerprint density at radius 3 is 2.63 bits per heavy atom. The normalized spacial score (nSPS) is 20.8. The summed E-state index contributed by atoms with van der Waals surface area (Å²) in [5, 5.41) is 0.684. The van der Waals surface area contributed by atoms with Gasteiger partial charge in [0.05, 0.1) is 10.6 Å². The molecule has 0 fully saturated rings. The Bertz CT molecular complexity index is 722. The van der Waals surface area contributed by atoms with Crippen molar-refractivity contribution in [1.29, 1.82) is 0 Å². The molecule has 3 rings (SSSR count). The van der Waals surface area contributed by atoms with Crippen LogP contribution in [0.15, 0.2) is 53.4 Å². The summed E-state index contributed by atoms with van der Waals surface area (Å²) in [6, 6.07) is 14.9. The number of hydrogen-bond donors (Lipinski definition) is 0. The van der Waals surface area contributed by atoms with Crippen molar-refractivity contribution in [3.8, 4) is 0 Å². The van der Waals surface area contributed by atoms with E-state index in [0.717, 1.165) is 11.1 Å². The van der Waals surface area contributed by atoms with Gasteiger partial charge in [-0.3, -0.25) is 0 Å². The Hall–Kier alpha value is -1.32. The lowest BCUT2D eigenvalue weighted by atomic mass is 9.89. The lowest BCUT2D eigenvalue weighted by Crippen LogP contribution is -2.20. The molecule has 0 aliphatic carbocycles. The molecule has 1 aliphatic heterocycles. The van der Waals surface area contributed by atoms with Gasteiger partial charge in [0, 0.05) is 10.9 Å². The van der Waals surface area contributed by atoms with E-state index in [1.54, 1.807) is 12.1 Å². The Labute approximate surface area is 118 Å². The Morgan fingerprint density at radius 1 is 1.05 bits per heavy atom. The smallest absolute Gasteiger partial charge is 0.178 e. The second kappa shape index (κ2) is 4.66. The van der Waals surface area contributed by atoms with Gasteiger partial charge in [-0.2, -0.15) is 0 Å². The monoisotopic (exact) mass is 292 g/mol. The van der Waals surface area contributed by atoms with Crippen LogP contribution in [-0.4, -0.2) is 14.2 Å². The fourth-order valence-corrected chi connectivity index (χ4v) is 4.48. The zero-order chi connectivity index (χ0) is 13.5. The third-order valence-electron chi connectivity index (χ3n) is 3.56. The molecular weight excluding hydrogens is 280 g/mol. The Morgan fingerprint density at radius 2 is 1.84 bits per heavy atom. The lowest BCUT2D eigenvalue weighted by Gasteiger charge is -2.25. The fraction of sp³-hybridized carbons (Fsp3) is 0.200. The van der Waals surface area contributed by atoms with Crippen LogP contribution >= 0.6 is 11.6 Å². The minimum atomic E-state index is -3.13. The van der Waals surface area contributed by atoms with Crippen molar-refractivity contribution in [1.82, 2.24) is 0 Å². The van der Waals surface area contributed by atoms with E-state index in [9.17, 15) is 8.42 Å². The average molecular weight is 293 g/mol. The average Bonchev–Trinajstić information content (AvgIpc) is 2.39. The largest absolute Gasteiger partial charge is 0.224 e. The van der Waals surface area contributed by atoms with Crippen LogP contribution in [0.4, 0.5) is 0 Å². The van der Waals surface area contributed by atoms with Gasteiger partial charge >= 0.3 is 0 Å². The number of benzene rings is 2. The number of halogens is 1. The molecule has 0 saturated carbocycles. The molecule has 0 saturated heterocycles. The molecule has 1 unspecified atom stereocenters. The molecule has 2 nitrogen and oxygen atoms in total. The maximum absolute atomic E-state index is 12.1. The minimum Gasteiger partial charge on any atom is -0.224 e. The standard InChI is InChI=1S/C15H13ClO2S/c16-12-5-3-4-11(10-12)13-8-9-19(17,18)15-7-2-1-6-14(13)15/h1-7,10,13H,8-9H2. The summed E-state index contributed by atoms with van der Waals surface area (Å²) in [6.45, 7) is 0. The first-order valence-corrected chi connectivity index (χ1v) is 8.18. The van der Waals surface area contributed by atoms with E-state index >= 15 is 0 Å². The fourth-order valence-electron chi connectivity index (χ4n) is 2.66. The summed E-state index contributed by atoms with van der Waals surface area (Å²) < 4.78 is 24.2. The van der Waals surface area contributed by atoms with E-state index < -0.39 is 9.84 Å². The van der Waals surface area contributed by atoms with Gasteiger partial charge in [0.25, 0.3) is 0 Å². The quantitative estimate of drug-likeness (QED) is 0.804. The number of fused-ring (bicyclic) bond motifs is 1. The highest BCUT2D eigenvalue weighted by atomic mass is 35.5. The van der Waals surface area contributed by atoms with Crippen molar-refractivity contribution in [2.24, 2.45) is 0 Å². The second-order valence-electron chi connectivity index (χ2n) is 4.75. The SMILES string of the molecule is O=S1(=O)CCC(c2cccc(Cl)c2)c2ccccc21. The molecule has 1 heterocycles. The van der Waals surface area contributed by atoms with Crippen LogP contribution in [0.1, 0.15) is 23.5 Å². The van der Waals surface area contributed by atoms with Crippen molar-refractivity contribution in [2.45, 2.75) is 17.2 Å². The van der Waals surface area contributed by atoms with Gasteiger partial charge in [0.15, 0.2) is 9.84 Å². The van der Waals surface area contributed by atoms with E-state index in [1.807, 2.05) is 36.4 Å². The van der Waals surface area contributed by atoms with Gasteiger partial charge in [-0.05, 0) is 35.7 Å². The first-order valence-electron chi connectivity index (χ1n) is 6.15. The van der Waals surface area contributed by atoms with E-state index in [0.29, 0.717) is 16.3 Å². The molecule has 0 spiro atoms. The van der Waals surface area contributed by atoms with Crippen molar-refractivity contribution >= 4 is 21.4 Å². The van der Waals surface area contributed by atoms with Crippen molar-refractivity contribution in [3.63, 3.8) is 0 Å². The van der Waals surface area contributed by atoms with Crippen LogP contribution in [0.5, 0.6) is 0 Å². The second-order valence-corrected chi connectivity index (χ2v) is 7.27. The summed E-state index contributed by atoms with van der Waals surface area (Å²) in [5.41, 5.74) is 1.96. The molecule has 0 radical (unpaired) electrons. The van der Waals surface area contributed by atoms with Crippen LogP contribution in [0, 0.1) is 0 Å². The lowest BCUT2D eigenvalue weighted by molar-refractivity contribution is 0.579. The van der Waals surface area contributed by atoms with Gasteiger partial charge in [-0.15, -0.1) is 0 Å². The highest BCUT2D eigenvalue weighted by Crippen LogP contribution is 2.38. The van der Waals surface area contributed by atoms with Gasteiger partial charge in [-0.1, -0.05) is 41.9 Å². The predicted octanol–water partition coefficient (Wildman–Crippen LogP) is 3.65. The van der Waals surface area contributed by atoms with Crippen molar-refractivity contribution in [3.05, 3.63) is 64.7 Å². The molecule has 0 N–H and O–H groups in total. The molecule has 1 aliphatic rings. The summed E-state index contributed by atoms with van der Waals surface area (Å²) in [6.07, 6.45) is 0.611. The van der Waals surface area contributed by atoms with Gasteiger partial charge in [-0.25, -0.2) is 8.42 Å². The van der Waals surface area contributed by atoms with E-state index in [-0.39, 0.29) is 11.7 Å². The first kappa shape index (κ1) is 12.7. The summed E-state index contributed by atoms with van der Waals surface area (Å²) in [4.78, 5) is 0.464. The van der Waals surface area contributed by atoms with Crippen LogP contribution in [0.25, 0.3) is 0 Å². The number of rotatable bonds is 1. The molecule has 2 aromatic carbocycles. The molecular formula is C15H13ClO2S. The van der Waals surface area contributed by atoms with Crippen LogP contribution in [0.2, 0.25) is 5.02 Å².